The summed E-state index contributed by atoms with van der Waals surface area (Å²) >= 11 is 7.74. The van der Waals surface area contributed by atoms with Crippen molar-refractivity contribution in [3.8, 4) is 28.7 Å². The van der Waals surface area contributed by atoms with E-state index in [4.69, 9.17) is 45.8 Å². The first-order chi connectivity index (χ1) is 19.0. The predicted molar refractivity (Wildman–Crippen MR) is 155 cm³/mol. The Morgan fingerprint density at radius 2 is 1.38 bits per heavy atom. The number of thioether (sulfide) groups is 1. The molecule has 0 aromatic heterocycles. The summed E-state index contributed by atoms with van der Waals surface area (Å²) in [6.07, 6.45) is 2.39. The van der Waals surface area contributed by atoms with Gasteiger partial charge in [0.15, 0.2) is 23.0 Å². The zero-order chi connectivity index (χ0) is 27.8. The monoisotopic (exact) mass is 573 g/mol. The Morgan fingerprint density at radius 1 is 0.821 bits per heavy atom. The van der Waals surface area contributed by atoms with Crippen molar-refractivity contribution in [2.45, 2.75) is 42.9 Å². The molecule has 0 bridgehead atoms. The highest BCUT2D eigenvalue weighted by Gasteiger charge is 2.30. The van der Waals surface area contributed by atoms with E-state index >= 15 is 0 Å². The molecule has 3 aromatic rings. The van der Waals surface area contributed by atoms with Crippen LogP contribution in [0.2, 0.25) is 5.02 Å². The summed E-state index contributed by atoms with van der Waals surface area (Å²) in [5, 5.41) is 0.743. The number of hydrogen-bond acceptors (Lipinski definition) is 8. The molecule has 1 fully saturated rings. The van der Waals surface area contributed by atoms with Crippen LogP contribution in [-0.4, -0.2) is 40.8 Å². The second-order valence-electron chi connectivity index (χ2n) is 9.07. The van der Waals surface area contributed by atoms with Crippen molar-refractivity contribution >= 4 is 23.4 Å². The topological polar surface area (TPSA) is 81.4 Å². The largest absolute Gasteiger partial charge is 0.493 e. The van der Waals surface area contributed by atoms with Crippen LogP contribution in [0.4, 0.5) is 0 Å². The Bertz CT molecular complexity index is 1190. The van der Waals surface area contributed by atoms with Gasteiger partial charge in [-0.15, -0.1) is 11.8 Å². The van der Waals surface area contributed by atoms with Crippen LogP contribution in [0.1, 0.15) is 48.2 Å². The van der Waals surface area contributed by atoms with Gasteiger partial charge in [0.05, 0.1) is 47.3 Å². The van der Waals surface area contributed by atoms with Crippen LogP contribution in [0.5, 0.6) is 28.7 Å². The standard InChI is InChI=1S/C30H36ClNO6S/c1-33-26-15-19(14-21(18-32)29(26)37-12-5-13-39-23-8-6-22(31)7-9-23)24-10-11-25(38-24)20-16-27(34-2)30(36-4)28(17-20)35-3/h6-9,14-17,24-25H,5,10-13,18,32H2,1-4H3/t24-,25?/m1/s1. The Labute approximate surface area is 239 Å². The Kier molecular flexibility index (Phi) is 10.5. The van der Waals surface area contributed by atoms with Gasteiger partial charge in [-0.3, -0.25) is 0 Å². The molecule has 1 heterocycles. The van der Waals surface area contributed by atoms with Gasteiger partial charge in [0.1, 0.15) is 0 Å². The highest BCUT2D eigenvalue weighted by atomic mass is 35.5. The van der Waals surface area contributed by atoms with E-state index in [0.29, 0.717) is 41.9 Å². The molecule has 1 unspecified atom stereocenters. The molecule has 9 heteroatoms. The lowest BCUT2D eigenvalue weighted by molar-refractivity contribution is 0.0436. The summed E-state index contributed by atoms with van der Waals surface area (Å²) < 4.78 is 34.9. The van der Waals surface area contributed by atoms with Crippen molar-refractivity contribution in [2.75, 3.05) is 40.8 Å². The molecular weight excluding hydrogens is 538 g/mol. The average Bonchev–Trinajstić information content (AvgIpc) is 3.47. The number of methoxy groups -OCH3 is 4. The van der Waals surface area contributed by atoms with Crippen LogP contribution in [0, 0.1) is 0 Å². The number of benzene rings is 3. The van der Waals surface area contributed by atoms with Gasteiger partial charge < -0.3 is 34.2 Å². The molecule has 210 valence electrons. The van der Waals surface area contributed by atoms with Crippen molar-refractivity contribution in [3.63, 3.8) is 0 Å². The molecule has 3 aromatic carbocycles. The van der Waals surface area contributed by atoms with Crippen LogP contribution in [0.25, 0.3) is 0 Å². The predicted octanol–water partition coefficient (Wildman–Crippen LogP) is 6.99. The van der Waals surface area contributed by atoms with Gasteiger partial charge in [0.25, 0.3) is 0 Å². The maximum absolute atomic E-state index is 6.51. The molecule has 2 atom stereocenters. The number of hydrogen-bond donors (Lipinski definition) is 1. The van der Waals surface area contributed by atoms with E-state index in [1.807, 2.05) is 42.5 Å². The van der Waals surface area contributed by atoms with Crippen molar-refractivity contribution < 1.29 is 28.4 Å². The first kappa shape index (κ1) is 29.2. The zero-order valence-electron chi connectivity index (χ0n) is 22.8. The molecule has 4 rings (SSSR count). The van der Waals surface area contributed by atoms with Crippen molar-refractivity contribution in [3.05, 3.63) is 70.2 Å². The van der Waals surface area contributed by atoms with Gasteiger partial charge in [-0.1, -0.05) is 11.6 Å². The summed E-state index contributed by atoms with van der Waals surface area (Å²) in [6, 6.07) is 15.8. The minimum atomic E-state index is -0.106. The average molecular weight is 574 g/mol. The fourth-order valence-electron chi connectivity index (χ4n) is 4.71. The zero-order valence-corrected chi connectivity index (χ0v) is 24.4. The number of rotatable bonds is 13. The number of ether oxygens (including phenoxy) is 6. The first-order valence-corrected chi connectivity index (χ1v) is 14.2. The molecule has 2 N–H and O–H groups in total. The first-order valence-electron chi connectivity index (χ1n) is 12.9. The normalized spacial score (nSPS) is 16.7. The fraction of sp³-hybridized carbons (Fsp3) is 0.400. The molecule has 0 radical (unpaired) electrons. The third-order valence-corrected chi connectivity index (χ3v) is 8.01. The summed E-state index contributed by atoms with van der Waals surface area (Å²) in [5.74, 6) is 4.07. The van der Waals surface area contributed by atoms with E-state index in [9.17, 15) is 0 Å². The molecule has 7 nitrogen and oxygen atoms in total. The molecule has 39 heavy (non-hydrogen) atoms. The van der Waals surface area contributed by atoms with Gasteiger partial charge in [0.2, 0.25) is 5.75 Å². The van der Waals surface area contributed by atoms with Crippen LogP contribution < -0.4 is 29.4 Å². The minimum Gasteiger partial charge on any atom is -0.493 e. The second-order valence-corrected chi connectivity index (χ2v) is 10.7. The lowest BCUT2D eigenvalue weighted by Crippen LogP contribution is -2.09. The van der Waals surface area contributed by atoms with Crippen molar-refractivity contribution in [2.24, 2.45) is 5.73 Å². The van der Waals surface area contributed by atoms with Crippen LogP contribution >= 0.6 is 23.4 Å². The van der Waals surface area contributed by atoms with Gasteiger partial charge in [-0.2, -0.15) is 0 Å². The van der Waals surface area contributed by atoms with E-state index in [-0.39, 0.29) is 12.2 Å². The molecular formula is C30H36ClNO6S. The second kappa shape index (κ2) is 14.0. The molecule has 0 saturated carbocycles. The fourth-order valence-corrected chi connectivity index (χ4v) is 5.66. The van der Waals surface area contributed by atoms with E-state index in [1.165, 1.54) is 4.90 Å². The summed E-state index contributed by atoms with van der Waals surface area (Å²) in [7, 11) is 6.47. The van der Waals surface area contributed by atoms with E-state index in [1.54, 1.807) is 40.2 Å². The lowest BCUT2D eigenvalue weighted by Gasteiger charge is -2.20. The van der Waals surface area contributed by atoms with E-state index in [0.717, 1.165) is 46.7 Å². The molecule has 0 aliphatic carbocycles. The summed E-state index contributed by atoms with van der Waals surface area (Å²) in [6.45, 7) is 0.897. The quantitative estimate of drug-likeness (QED) is 0.173. The smallest absolute Gasteiger partial charge is 0.203 e. The van der Waals surface area contributed by atoms with Crippen LogP contribution in [0.15, 0.2) is 53.4 Å². The van der Waals surface area contributed by atoms with E-state index < -0.39 is 0 Å². The van der Waals surface area contributed by atoms with Gasteiger partial charge in [0, 0.05) is 27.8 Å². The molecule has 0 spiro atoms. The van der Waals surface area contributed by atoms with Crippen LogP contribution in [-0.2, 0) is 11.3 Å². The molecule has 1 saturated heterocycles. The van der Waals surface area contributed by atoms with Gasteiger partial charge in [-0.05, 0) is 78.9 Å². The lowest BCUT2D eigenvalue weighted by atomic mass is 10.0. The highest BCUT2D eigenvalue weighted by molar-refractivity contribution is 7.99. The third kappa shape index (κ3) is 7.06. The van der Waals surface area contributed by atoms with Crippen LogP contribution in [0.3, 0.4) is 0 Å². The summed E-state index contributed by atoms with van der Waals surface area (Å²) in [5.41, 5.74) is 9.04. The maximum atomic E-state index is 6.51. The molecule has 0 amide bonds. The Hall–Kier alpha value is -2.78. The van der Waals surface area contributed by atoms with Gasteiger partial charge >= 0.3 is 0 Å². The van der Waals surface area contributed by atoms with Crippen molar-refractivity contribution in [1.82, 2.24) is 0 Å². The highest BCUT2D eigenvalue weighted by Crippen LogP contribution is 2.47. The SMILES string of the molecule is COc1cc([C@H]2CCC(c3cc(OC)c(OC)c(OC)c3)O2)cc(CN)c1OCCCSc1ccc(Cl)cc1. The Morgan fingerprint density at radius 3 is 1.92 bits per heavy atom. The maximum Gasteiger partial charge on any atom is 0.203 e. The number of halogens is 1. The molecule has 1 aliphatic rings. The Balaban J connectivity index is 1.42. The third-order valence-electron chi connectivity index (χ3n) is 6.66. The molecule has 1 aliphatic heterocycles. The number of nitrogens with two attached hydrogens (primary N) is 1. The summed E-state index contributed by atoms with van der Waals surface area (Å²) in [4.78, 5) is 1.19. The van der Waals surface area contributed by atoms with Gasteiger partial charge in [-0.25, -0.2) is 0 Å². The minimum absolute atomic E-state index is 0.0990. The van der Waals surface area contributed by atoms with E-state index in [2.05, 4.69) is 6.07 Å². The van der Waals surface area contributed by atoms with Crippen molar-refractivity contribution in [1.29, 1.82) is 0 Å².